The van der Waals surface area contributed by atoms with Gasteiger partial charge in [0.2, 0.25) is 5.91 Å². The molecule has 0 saturated heterocycles. The van der Waals surface area contributed by atoms with Gasteiger partial charge in [0, 0.05) is 18.0 Å². The van der Waals surface area contributed by atoms with Crippen molar-refractivity contribution in [1.29, 1.82) is 0 Å². The fraction of sp³-hybridized carbons (Fsp3) is 0.900. The van der Waals surface area contributed by atoms with Crippen LogP contribution in [0.1, 0.15) is 33.6 Å². The molecule has 1 aliphatic rings. The van der Waals surface area contributed by atoms with Crippen LogP contribution in [0, 0.1) is 11.8 Å². The number of carbonyl (C=O) groups excluding carboxylic acids is 1. The van der Waals surface area contributed by atoms with Gasteiger partial charge in [0.05, 0.1) is 0 Å². The van der Waals surface area contributed by atoms with Crippen LogP contribution in [-0.2, 0) is 4.79 Å². The van der Waals surface area contributed by atoms with Gasteiger partial charge in [0.1, 0.15) is 0 Å². The highest BCUT2D eigenvalue weighted by molar-refractivity contribution is 5.79. The first-order chi connectivity index (χ1) is 6.00. The van der Waals surface area contributed by atoms with Gasteiger partial charge in [-0.25, -0.2) is 0 Å². The maximum atomic E-state index is 11.5. The van der Waals surface area contributed by atoms with Gasteiger partial charge in [-0.05, 0) is 25.7 Å². The Morgan fingerprint density at radius 1 is 1.46 bits per heavy atom. The molecule has 13 heavy (non-hydrogen) atoms. The largest absolute Gasteiger partial charge is 0.353 e. The maximum Gasteiger partial charge on any atom is 0.224 e. The quantitative estimate of drug-likeness (QED) is 0.684. The molecular weight excluding hydrogens is 164 g/mol. The van der Waals surface area contributed by atoms with E-state index in [4.69, 9.17) is 5.73 Å². The molecular formula is C10H20N2O. The Bertz CT molecular complexity index is 185. The van der Waals surface area contributed by atoms with Crippen LogP contribution in [0.3, 0.4) is 0 Å². The summed E-state index contributed by atoms with van der Waals surface area (Å²) >= 11 is 0. The Hall–Kier alpha value is -0.570. The summed E-state index contributed by atoms with van der Waals surface area (Å²) in [5, 5.41) is 3.01. The van der Waals surface area contributed by atoms with Gasteiger partial charge in [-0.1, -0.05) is 13.8 Å². The summed E-state index contributed by atoms with van der Waals surface area (Å²) in [6.45, 7) is 5.95. The van der Waals surface area contributed by atoms with Gasteiger partial charge in [0.15, 0.2) is 0 Å². The minimum atomic E-state index is -0.0732. The normalized spacial score (nSPS) is 31.7. The van der Waals surface area contributed by atoms with Crippen LogP contribution < -0.4 is 11.1 Å². The smallest absolute Gasteiger partial charge is 0.224 e. The highest BCUT2D eigenvalue weighted by Crippen LogP contribution is 2.26. The van der Waals surface area contributed by atoms with Crippen molar-refractivity contribution in [1.82, 2.24) is 5.32 Å². The average Bonchev–Trinajstić information content (AvgIpc) is 2.00. The summed E-state index contributed by atoms with van der Waals surface area (Å²) in [5.74, 6) is 0.804. The number of rotatable bonds is 3. The molecule has 3 heteroatoms. The van der Waals surface area contributed by atoms with Gasteiger partial charge in [0.25, 0.3) is 0 Å². The van der Waals surface area contributed by atoms with Gasteiger partial charge in [-0.3, -0.25) is 4.79 Å². The van der Waals surface area contributed by atoms with Crippen molar-refractivity contribution >= 4 is 5.91 Å². The minimum absolute atomic E-state index is 0.0579. The van der Waals surface area contributed by atoms with Crippen molar-refractivity contribution in [3.05, 3.63) is 0 Å². The number of hydrogen-bond donors (Lipinski definition) is 2. The van der Waals surface area contributed by atoms with E-state index in [0.29, 0.717) is 6.04 Å². The van der Waals surface area contributed by atoms with E-state index in [2.05, 4.69) is 12.2 Å². The summed E-state index contributed by atoms with van der Waals surface area (Å²) in [5.41, 5.74) is 5.64. The number of amides is 1. The second-order valence-corrected chi connectivity index (χ2v) is 4.43. The molecule has 76 valence electrons. The summed E-state index contributed by atoms with van der Waals surface area (Å²) in [6, 6.07) is 0.348. The Morgan fingerprint density at radius 3 is 2.38 bits per heavy atom. The lowest BCUT2D eigenvalue weighted by Gasteiger charge is -2.34. The number of nitrogens with one attached hydrogen (secondary N) is 1. The molecule has 0 radical (unpaired) electrons. The van der Waals surface area contributed by atoms with Crippen LogP contribution in [0.25, 0.3) is 0 Å². The fourth-order valence-corrected chi connectivity index (χ4v) is 1.59. The predicted molar refractivity (Wildman–Crippen MR) is 53.1 cm³/mol. The molecule has 1 fully saturated rings. The predicted octanol–water partition coefficient (Wildman–Crippen LogP) is 0.884. The highest BCUT2D eigenvalue weighted by atomic mass is 16.2. The Morgan fingerprint density at radius 2 is 2.00 bits per heavy atom. The van der Waals surface area contributed by atoms with E-state index in [9.17, 15) is 4.79 Å². The van der Waals surface area contributed by atoms with Crippen molar-refractivity contribution in [3.8, 4) is 0 Å². The molecule has 0 aromatic rings. The standard InChI is InChI=1S/C10H20N2O/c1-6-4-9(5-6)12-10(13)7(2)8(3)11/h6-9H,4-5,11H2,1-3H3,(H,12,13). The molecule has 0 aromatic carbocycles. The van der Waals surface area contributed by atoms with E-state index in [1.54, 1.807) is 0 Å². The summed E-state index contributed by atoms with van der Waals surface area (Å²) < 4.78 is 0. The molecule has 0 spiro atoms. The third-order valence-electron chi connectivity index (χ3n) is 2.92. The summed E-state index contributed by atoms with van der Waals surface area (Å²) in [7, 11) is 0. The van der Waals surface area contributed by atoms with E-state index in [1.807, 2.05) is 13.8 Å². The van der Waals surface area contributed by atoms with Crippen molar-refractivity contribution < 1.29 is 4.79 Å². The lowest BCUT2D eigenvalue weighted by molar-refractivity contribution is -0.126. The third-order valence-corrected chi connectivity index (χ3v) is 2.92. The fourth-order valence-electron chi connectivity index (χ4n) is 1.59. The Labute approximate surface area is 80.1 Å². The molecule has 3 N–H and O–H groups in total. The number of hydrogen-bond acceptors (Lipinski definition) is 2. The second kappa shape index (κ2) is 4.09. The van der Waals surface area contributed by atoms with Crippen LogP contribution in [0.2, 0.25) is 0 Å². The van der Waals surface area contributed by atoms with Crippen molar-refractivity contribution in [3.63, 3.8) is 0 Å². The molecule has 0 aromatic heterocycles. The molecule has 1 saturated carbocycles. The third kappa shape index (κ3) is 2.69. The minimum Gasteiger partial charge on any atom is -0.353 e. The first-order valence-corrected chi connectivity index (χ1v) is 5.06. The van der Waals surface area contributed by atoms with Gasteiger partial charge < -0.3 is 11.1 Å². The molecule has 0 heterocycles. The molecule has 2 atom stereocenters. The topological polar surface area (TPSA) is 55.1 Å². The second-order valence-electron chi connectivity index (χ2n) is 4.43. The Balaban J connectivity index is 2.25. The lowest BCUT2D eigenvalue weighted by Crippen LogP contribution is -2.48. The van der Waals surface area contributed by atoms with Crippen LogP contribution in [0.4, 0.5) is 0 Å². The van der Waals surface area contributed by atoms with Gasteiger partial charge in [-0.2, -0.15) is 0 Å². The van der Waals surface area contributed by atoms with E-state index >= 15 is 0 Å². The summed E-state index contributed by atoms with van der Waals surface area (Å²) in [6.07, 6.45) is 2.24. The van der Waals surface area contributed by atoms with Crippen LogP contribution in [-0.4, -0.2) is 18.0 Å². The first-order valence-electron chi connectivity index (χ1n) is 5.06. The van der Waals surface area contributed by atoms with E-state index in [0.717, 1.165) is 18.8 Å². The van der Waals surface area contributed by atoms with Crippen LogP contribution in [0.5, 0.6) is 0 Å². The molecule has 1 rings (SSSR count). The van der Waals surface area contributed by atoms with E-state index in [1.165, 1.54) is 0 Å². The van der Waals surface area contributed by atoms with Crippen LogP contribution >= 0.6 is 0 Å². The first kappa shape index (κ1) is 10.5. The zero-order chi connectivity index (χ0) is 10.0. The van der Waals surface area contributed by atoms with Gasteiger partial charge in [-0.15, -0.1) is 0 Å². The zero-order valence-electron chi connectivity index (χ0n) is 8.71. The molecule has 0 bridgehead atoms. The molecule has 2 unspecified atom stereocenters. The molecule has 1 amide bonds. The molecule has 3 nitrogen and oxygen atoms in total. The van der Waals surface area contributed by atoms with Crippen molar-refractivity contribution in [2.24, 2.45) is 17.6 Å². The zero-order valence-corrected chi connectivity index (χ0v) is 8.71. The molecule has 1 aliphatic carbocycles. The van der Waals surface area contributed by atoms with Crippen LogP contribution in [0.15, 0.2) is 0 Å². The summed E-state index contributed by atoms with van der Waals surface area (Å²) in [4.78, 5) is 11.5. The monoisotopic (exact) mass is 184 g/mol. The lowest BCUT2D eigenvalue weighted by atomic mass is 9.81. The van der Waals surface area contributed by atoms with Crippen molar-refractivity contribution in [2.45, 2.75) is 45.7 Å². The number of carbonyl (C=O) groups is 1. The van der Waals surface area contributed by atoms with Gasteiger partial charge >= 0.3 is 0 Å². The number of nitrogens with two attached hydrogens (primary N) is 1. The Kier molecular flexibility index (Phi) is 3.31. The SMILES string of the molecule is CC1CC(NC(=O)C(C)C(C)N)C1. The van der Waals surface area contributed by atoms with E-state index in [-0.39, 0.29) is 17.9 Å². The average molecular weight is 184 g/mol. The van der Waals surface area contributed by atoms with Crippen molar-refractivity contribution in [2.75, 3.05) is 0 Å². The maximum absolute atomic E-state index is 11.5. The highest BCUT2D eigenvalue weighted by Gasteiger charge is 2.28. The molecule has 0 aliphatic heterocycles. The van der Waals surface area contributed by atoms with E-state index < -0.39 is 0 Å².